The smallest absolute Gasteiger partial charge is 0.204 e. The van der Waals surface area contributed by atoms with Crippen molar-refractivity contribution in [2.75, 3.05) is 6.26 Å². The van der Waals surface area contributed by atoms with Gasteiger partial charge in [-0.2, -0.15) is 0 Å². The van der Waals surface area contributed by atoms with E-state index in [2.05, 4.69) is 10.2 Å². The van der Waals surface area contributed by atoms with Crippen molar-refractivity contribution in [3.8, 4) is 0 Å². The first kappa shape index (κ1) is 8.10. The van der Waals surface area contributed by atoms with Crippen LogP contribution in [0.1, 0.15) is 5.01 Å². The Labute approximate surface area is 69.9 Å². The van der Waals surface area contributed by atoms with Gasteiger partial charge in [-0.25, -0.2) is 0 Å². The SMILES string of the molecule is CS(=O)c1nnc(CCl)s1. The summed E-state index contributed by atoms with van der Waals surface area (Å²) in [6.07, 6.45) is 1.57. The predicted octanol–water partition coefficient (Wildman–Crippen LogP) is 1.01. The molecule has 10 heavy (non-hydrogen) atoms. The van der Waals surface area contributed by atoms with Crippen LogP contribution in [0, 0.1) is 0 Å². The van der Waals surface area contributed by atoms with Crippen molar-refractivity contribution in [1.29, 1.82) is 0 Å². The van der Waals surface area contributed by atoms with E-state index in [1.54, 1.807) is 6.26 Å². The third-order valence-electron chi connectivity index (χ3n) is 0.809. The average Bonchev–Trinajstić information content (AvgIpc) is 2.34. The zero-order chi connectivity index (χ0) is 7.56. The standard InChI is InChI=1S/C4H5ClN2OS2/c1-10(8)4-7-6-3(2-5)9-4/h2H2,1H3. The van der Waals surface area contributed by atoms with E-state index in [-0.39, 0.29) is 0 Å². The molecule has 0 aromatic carbocycles. The highest BCUT2D eigenvalue weighted by Gasteiger charge is 2.04. The van der Waals surface area contributed by atoms with Crippen LogP contribution in [-0.4, -0.2) is 20.7 Å². The van der Waals surface area contributed by atoms with Crippen molar-refractivity contribution in [2.24, 2.45) is 0 Å². The first-order valence-electron chi connectivity index (χ1n) is 2.46. The van der Waals surface area contributed by atoms with Crippen LogP contribution in [0.25, 0.3) is 0 Å². The predicted molar refractivity (Wildman–Crippen MR) is 41.8 cm³/mol. The molecule has 0 saturated carbocycles. The van der Waals surface area contributed by atoms with Gasteiger partial charge in [0.2, 0.25) is 4.34 Å². The lowest BCUT2D eigenvalue weighted by Crippen LogP contribution is -1.84. The maximum absolute atomic E-state index is 10.8. The molecule has 0 fully saturated rings. The van der Waals surface area contributed by atoms with Crippen LogP contribution < -0.4 is 0 Å². The van der Waals surface area contributed by atoms with Crippen LogP contribution in [0.3, 0.4) is 0 Å². The highest BCUT2D eigenvalue weighted by atomic mass is 35.5. The van der Waals surface area contributed by atoms with Crippen LogP contribution in [0.2, 0.25) is 0 Å². The largest absolute Gasteiger partial charge is 0.252 e. The van der Waals surface area contributed by atoms with Crippen LogP contribution in [-0.2, 0) is 16.7 Å². The Morgan fingerprint density at radius 1 is 1.70 bits per heavy atom. The van der Waals surface area contributed by atoms with Gasteiger partial charge < -0.3 is 0 Å². The molecule has 1 aromatic heterocycles. The maximum atomic E-state index is 10.8. The average molecular weight is 197 g/mol. The van der Waals surface area contributed by atoms with Crippen molar-refractivity contribution in [2.45, 2.75) is 10.2 Å². The Bertz CT molecular complexity index is 249. The highest BCUT2D eigenvalue weighted by Crippen LogP contribution is 2.13. The number of rotatable bonds is 2. The van der Waals surface area contributed by atoms with Crippen molar-refractivity contribution < 1.29 is 4.21 Å². The van der Waals surface area contributed by atoms with E-state index in [0.717, 1.165) is 0 Å². The summed E-state index contributed by atoms with van der Waals surface area (Å²) < 4.78 is 11.3. The molecule has 0 aliphatic rings. The number of hydrogen-bond donors (Lipinski definition) is 0. The molecule has 1 atom stereocenters. The Balaban J connectivity index is 2.88. The molecule has 1 rings (SSSR count). The minimum absolute atomic E-state index is 0.342. The molecule has 0 radical (unpaired) electrons. The Hall–Kier alpha value is -0.0000000000000000278. The molecule has 1 unspecified atom stereocenters. The van der Waals surface area contributed by atoms with E-state index in [0.29, 0.717) is 15.2 Å². The molecule has 0 spiro atoms. The molecule has 0 amide bonds. The van der Waals surface area contributed by atoms with Crippen LogP contribution >= 0.6 is 22.9 Å². The van der Waals surface area contributed by atoms with Crippen molar-refractivity contribution in [3.63, 3.8) is 0 Å². The van der Waals surface area contributed by atoms with E-state index >= 15 is 0 Å². The zero-order valence-corrected chi connectivity index (χ0v) is 7.59. The molecule has 0 N–H and O–H groups in total. The van der Waals surface area contributed by atoms with Gasteiger partial charge >= 0.3 is 0 Å². The summed E-state index contributed by atoms with van der Waals surface area (Å²) >= 11 is 6.74. The minimum atomic E-state index is -1.02. The molecule has 0 saturated heterocycles. The quantitative estimate of drug-likeness (QED) is 0.664. The highest BCUT2D eigenvalue weighted by molar-refractivity contribution is 7.86. The third-order valence-corrected chi connectivity index (χ3v) is 3.47. The summed E-state index contributed by atoms with van der Waals surface area (Å²) in [6, 6.07) is 0. The van der Waals surface area contributed by atoms with Crippen molar-refractivity contribution in [3.05, 3.63) is 5.01 Å². The zero-order valence-electron chi connectivity index (χ0n) is 5.20. The molecule has 0 bridgehead atoms. The summed E-state index contributed by atoms with van der Waals surface area (Å²) in [6.45, 7) is 0. The Kier molecular flexibility index (Phi) is 2.76. The second-order valence-corrected chi connectivity index (χ2v) is 4.43. The number of alkyl halides is 1. The van der Waals surface area contributed by atoms with E-state index in [1.807, 2.05) is 0 Å². The van der Waals surface area contributed by atoms with Gasteiger partial charge in [0.1, 0.15) is 5.01 Å². The summed E-state index contributed by atoms with van der Waals surface area (Å²) in [5.41, 5.74) is 0. The lowest BCUT2D eigenvalue weighted by Gasteiger charge is -1.79. The molecule has 6 heteroatoms. The molecule has 1 aromatic rings. The van der Waals surface area contributed by atoms with Gasteiger partial charge in [0.05, 0.1) is 16.7 Å². The van der Waals surface area contributed by atoms with Gasteiger partial charge in [-0.1, -0.05) is 11.3 Å². The molecule has 0 aliphatic heterocycles. The van der Waals surface area contributed by atoms with Crippen molar-refractivity contribution in [1.82, 2.24) is 10.2 Å². The van der Waals surface area contributed by atoms with Gasteiger partial charge in [-0.15, -0.1) is 21.8 Å². The van der Waals surface area contributed by atoms with E-state index < -0.39 is 10.8 Å². The number of aromatic nitrogens is 2. The fourth-order valence-corrected chi connectivity index (χ4v) is 1.96. The van der Waals surface area contributed by atoms with Gasteiger partial charge in [0.15, 0.2) is 0 Å². The second kappa shape index (κ2) is 3.41. The topological polar surface area (TPSA) is 42.9 Å². The van der Waals surface area contributed by atoms with Crippen molar-refractivity contribution >= 4 is 33.7 Å². The summed E-state index contributed by atoms with van der Waals surface area (Å²) in [7, 11) is -1.02. The lowest BCUT2D eigenvalue weighted by molar-refractivity contribution is 0.685. The molecule has 3 nitrogen and oxygen atoms in total. The van der Waals surface area contributed by atoms with Crippen LogP contribution in [0.15, 0.2) is 4.34 Å². The molecular formula is C4H5ClN2OS2. The number of hydrogen-bond acceptors (Lipinski definition) is 4. The summed E-state index contributed by atoms with van der Waals surface area (Å²) in [5.74, 6) is 0.342. The van der Waals surface area contributed by atoms with Gasteiger partial charge in [-0.3, -0.25) is 4.21 Å². The van der Waals surface area contributed by atoms with E-state index in [4.69, 9.17) is 11.6 Å². The van der Waals surface area contributed by atoms with Crippen LogP contribution in [0.5, 0.6) is 0 Å². The fourth-order valence-electron chi connectivity index (χ4n) is 0.408. The van der Waals surface area contributed by atoms with E-state index in [1.165, 1.54) is 11.3 Å². The van der Waals surface area contributed by atoms with Gasteiger partial charge in [0.25, 0.3) is 0 Å². The summed E-state index contributed by atoms with van der Waals surface area (Å²) in [4.78, 5) is 0. The normalized spacial score (nSPS) is 13.4. The lowest BCUT2D eigenvalue weighted by atomic mass is 10.9. The minimum Gasteiger partial charge on any atom is -0.252 e. The Morgan fingerprint density at radius 3 is 2.70 bits per heavy atom. The summed E-state index contributed by atoms with van der Waals surface area (Å²) in [5, 5.41) is 8.08. The fraction of sp³-hybridized carbons (Fsp3) is 0.500. The molecular weight excluding hydrogens is 192 g/mol. The van der Waals surface area contributed by atoms with Crippen LogP contribution in [0.4, 0.5) is 0 Å². The molecule has 56 valence electrons. The Morgan fingerprint density at radius 2 is 2.40 bits per heavy atom. The maximum Gasteiger partial charge on any atom is 0.204 e. The second-order valence-electron chi connectivity index (χ2n) is 1.55. The first-order valence-corrected chi connectivity index (χ1v) is 5.36. The number of nitrogens with zero attached hydrogens (tertiary/aromatic N) is 2. The third kappa shape index (κ3) is 1.74. The molecule has 0 aliphatic carbocycles. The van der Waals surface area contributed by atoms with Gasteiger partial charge in [0, 0.05) is 6.26 Å². The first-order chi connectivity index (χ1) is 4.74. The van der Waals surface area contributed by atoms with Gasteiger partial charge in [-0.05, 0) is 0 Å². The number of halogens is 1. The monoisotopic (exact) mass is 196 g/mol. The molecule has 1 heterocycles. The van der Waals surface area contributed by atoms with E-state index in [9.17, 15) is 4.21 Å².